The lowest BCUT2D eigenvalue weighted by Crippen LogP contribution is -2.08. The number of hydrogen-bond acceptors (Lipinski definition) is 6. The molecule has 84 valence electrons. The minimum absolute atomic E-state index is 0.688. The van der Waals surface area contributed by atoms with Gasteiger partial charge in [0.05, 0.1) is 5.69 Å². The van der Waals surface area contributed by atoms with Gasteiger partial charge in [0.2, 0.25) is 0 Å². The zero-order valence-electron chi connectivity index (χ0n) is 8.80. The number of pyridine rings is 1. The molecule has 0 spiro atoms. The van der Waals surface area contributed by atoms with Crippen molar-refractivity contribution >= 4 is 28.9 Å². The highest BCUT2D eigenvalue weighted by molar-refractivity contribution is 8.00. The van der Waals surface area contributed by atoms with Crippen LogP contribution < -0.4 is 11.3 Å². The number of aromatic nitrogens is 2. The van der Waals surface area contributed by atoms with E-state index in [2.05, 4.69) is 15.4 Å². The molecular formula is C10H12N4S2. The Labute approximate surface area is 102 Å². The Kier molecular flexibility index (Phi) is 3.76. The number of hydrogen-bond donors (Lipinski definition) is 2. The van der Waals surface area contributed by atoms with Gasteiger partial charge in [0.25, 0.3) is 0 Å². The first-order valence-electron chi connectivity index (χ1n) is 4.75. The zero-order chi connectivity index (χ0) is 11.4. The molecule has 0 bridgehead atoms. The summed E-state index contributed by atoms with van der Waals surface area (Å²) in [5, 5.41) is 2.05. The number of nitrogens with one attached hydrogen (secondary N) is 1. The summed E-state index contributed by atoms with van der Waals surface area (Å²) in [5.41, 5.74) is 4.60. The van der Waals surface area contributed by atoms with E-state index < -0.39 is 0 Å². The summed E-state index contributed by atoms with van der Waals surface area (Å²) in [6.45, 7) is 2.00. The van der Waals surface area contributed by atoms with Crippen molar-refractivity contribution in [2.45, 2.75) is 17.0 Å². The summed E-state index contributed by atoms with van der Waals surface area (Å²) in [6.07, 6.45) is 0. The molecule has 2 aromatic heterocycles. The number of aryl methyl sites for hydroxylation is 1. The molecular weight excluding hydrogens is 240 g/mol. The Hall–Kier alpha value is -1.11. The highest BCUT2D eigenvalue weighted by Gasteiger charge is 2.02. The molecule has 16 heavy (non-hydrogen) atoms. The predicted molar refractivity (Wildman–Crippen MR) is 68.5 cm³/mol. The topological polar surface area (TPSA) is 63.8 Å². The van der Waals surface area contributed by atoms with E-state index in [1.165, 1.54) is 0 Å². The Bertz CT molecular complexity index is 469. The van der Waals surface area contributed by atoms with Gasteiger partial charge >= 0.3 is 0 Å². The molecule has 2 heterocycles. The van der Waals surface area contributed by atoms with Gasteiger partial charge in [-0.05, 0) is 19.1 Å². The Balaban J connectivity index is 1.99. The van der Waals surface area contributed by atoms with Crippen molar-refractivity contribution < 1.29 is 0 Å². The van der Waals surface area contributed by atoms with E-state index in [-0.39, 0.29) is 0 Å². The number of thioether (sulfide) groups is 1. The second kappa shape index (κ2) is 5.29. The van der Waals surface area contributed by atoms with Gasteiger partial charge in [0.15, 0.2) is 0 Å². The molecule has 0 amide bonds. The van der Waals surface area contributed by atoms with Crippen molar-refractivity contribution in [2.24, 2.45) is 5.84 Å². The van der Waals surface area contributed by atoms with Crippen LogP contribution in [-0.4, -0.2) is 9.97 Å². The fourth-order valence-corrected chi connectivity index (χ4v) is 2.93. The molecule has 0 aliphatic carbocycles. The van der Waals surface area contributed by atoms with E-state index in [0.29, 0.717) is 5.82 Å². The molecule has 0 unspecified atom stereocenters. The van der Waals surface area contributed by atoms with E-state index in [1.807, 2.05) is 30.5 Å². The van der Waals surface area contributed by atoms with Gasteiger partial charge in [-0.15, -0.1) is 11.3 Å². The Morgan fingerprint density at radius 1 is 1.44 bits per heavy atom. The molecule has 0 aliphatic rings. The highest BCUT2D eigenvalue weighted by Crippen LogP contribution is 2.25. The zero-order valence-corrected chi connectivity index (χ0v) is 10.4. The van der Waals surface area contributed by atoms with E-state index in [9.17, 15) is 0 Å². The second-order valence-electron chi connectivity index (χ2n) is 3.20. The summed E-state index contributed by atoms with van der Waals surface area (Å²) >= 11 is 3.35. The van der Waals surface area contributed by atoms with E-state index >= 15 is 0 Å². The summed E-state index contributed by atoms with van der Waals surface area (Å²) in [5.74, 6) is 6.80. The van der Waals surface area contributed by atoms with Gasteiger partial charge in [-0.2, -0.15) is 0 Å². The maximum atomic E-state index is 5.30. The van der Waals surface area contributed by atoms with Crippen molar-refractivity contribution in [2.75, 3.05) is 5.43 Å². The quantitative estimate of drug-likeness (QED) is 0.497. The van der Waals surface area contributed by atoms with E-state index in [4.69, 9.17) is 5.84 Å². The molecule has 2 aromatic rings. The molecule has 2 rings (SSSR count). The second-order valence-corrected chi connectivity index (χ2v) is 5.28. The smallest absolute Gasteiger partial charge is 0.150 e. The first kappa shape index (κ1) is 11.4. The molecule has 0 atom stereocenters. The average Bonchev–Trinajstić information content (AvgIpc) is 2.73. The monoisotopic (exact) mass is 252 g/mol. The molecule has 0 aromatic carbocycles. The highest BCUT2D eigenvalue weighted by atomic mass is 32.2. The van der Waals surface area contributed by atoms with Gasteiger partial charge in [-0.25, -0.2) is 15.8 Å². The van der Waals surface area contributed by atoms with Crippen LogP contribution in [0.2, 0.25) is 0 Å². The van der Waals surface area contributed by atoms with Crippen molar-refractivity contribution in [3.05, 3.63) is 35.0 Å². The van der Waals surface area contributed by atoms with Crippen molar-refractivity contribution in [1.29, 1.82) is 0 Å². The summed E-state index contributed by atoms with van der Waals surface area (Å²) in [7, 11) is 0. The van der Waals surface area contributed by atoms with Crippen LogP contribution in [0.1, 0.15) is 11.4 Å². The third kappa shape index (κ3) is 2.94. The minimum Gasteiger partial charge on any atom is -0.308 e. The number of nitrogens with zero attached hydrogens (tertiary/aromatic N) is 2. The molecule has 0 aliphatic heterocycles. The van der Waals surface area contributed by atoms with Gasteiger partial charge in [-0.3, -0.25) is 0 Å². The molecule has 0 saturated carbocycles. The SMILES string of the molecule is Cc1csc(SCc2cccc(NN)n2)n1. The summed E-state index contributed by atoms with van der Waals surface area (Å²) in [4.78, 5) is 8.71. The first-order valence-corrected chi connectivity index (χ1v) is 6.62. The molecule has 0 radical (unpaired) electrons. The predicted octanol–water partition coefficient (Wildman–Crippen LogP) is 2.42. The molecule has 0 saturated heterocycles. The van der Waals surface area contributed by atoms with Gasteiger partial charge < -0.3 is 5.43 Å². The lowest BCUT2D eigenvalue weighted by Gasteiger charge is -2.02. The fraction of sp³-hybridized carbons (Fsp3) is 0.200. The third-order valence-corrected chi connectivity index (χ3v) is 4.07. The van der Waals surface area contributed by atoms with Crippen LogP contribution in [0, 0.1) is 6.92 Å². The van der Waals surface area contributed by atoms with E-state index in [1.54, 1.807) is 23.1 Å². The number of thiazole rings is 1. The maximum Gasteiger partial charge on any atom is 0.150 e. The summed E-state index contributed by atoms with van der Waals surface area (Å²) < 4.78 is 1.07. The number of hydrazine groups is 1. The third-order valence-electron chi connectivity index (χ3n) is 1.90. The minimum atomic E-state index is 0.688. The van der Waals surface area contributed by atoms with Gasteiger partial charge in [-0.1, -0.05) is 17.8 Å². The lowest BCUT2D eigenvalue weighted by atomic mass is 10.4. The molecule has 4 nitrogen and oxygen atoms in total. The van der Waals surface area contributed by atoms with Crippen LogP contribution in [0.3, 0.4) is 0 Å². The maximum absolute atomic E-state index is 5.30. The van der Waals surface area contributed by atoms with Gasteiger partial charge in [0.1, 0.15) is 10.2 Å². The number of nitrogens with two attached hydrogens (primary N) is 1. The Morgan fingerprint density at radius 2 is 2.31 bits per heavy atom. The largest absolute Gasteiger partial charge is 0.308 e. The van der Waals surface area contributed by atoms with Crippen LogP contribution in [0.25, 0.3) is 0 Å². The van der Waals surface area contributed by atoms with Crippen LogP contribution in [0.4, 0.5) is 5.82 Å². The van der Waals surface area contributed by atoms with Crippen LogP contribution >= 0.6 is 23.1 Å². The average molecular weight is 252 g/mol. The van der Waals surface area contributed by atoms with Crippen LogP contribution in [0.5, 0.6) is 0 Å². The molecule has 3 N–H and O–H groups in total. The van der Waals surface area contributed by atoms with Crippen molar-refractivity contribution in [1.82, 2.24) is 9.97 Å². The van der Waals surface area contributed by atoms with Crippen molar-refractivity contribution in [3.8, 4) is 0 Å². The number of nitrogen functional groups attached to an aromatic ring is 1. The number of rotatable bonds is 4. The van der Waals surface area contributed by atoms with Crippen molar-refractivity contribution in [3.63, 3.8) is 0 Å². The first-order chi connectivity index (χ1) is 7.78. The fourth-order valence-electron chi connectivity index (χ4n) is 1.17. The van der Waals surface area contributed by atoms with E-state index in [0.717, 1.165) is 21.5 Å². The van der Waals surface area contributed by atoms with Crippen LogP contribution in [-0.2, 0) is 5.75 Å². The lowest BCUT2D eigenvalue weighted by molar-refractivity contribution is 1.13. The normalized spacial score (nSPS) is 10.4. The van der Waals surface area contributed by atoms with Crippen LogP contribution in [0.15, 0.2) is 27.9 Å². The Morgan fingerprint density at radius 3 is 3.00 bits per heavy atom. The standard InChI is InChI=1S/C10H12N4S2/c1-7-5-15-10(12-7)16-6-8-3-2-4-9(13-8)14-11/h2-5H,6,11H2,1H3,(H,13,14). The number of anilines is 1. The molecule has 0 fully saturated rings. The van der Waals surface area contributed by atoms with Gasteiger partial charge in [0, 0.05) is 16.8 Å². The summed E-state index contributed by atoms with van der Waals surface area (Å²) in [6, 6.07) is 5.75. The molecule has 6 heteroatoms.